The first-order valence-corrected chi connectivity index (χ1v) is 6.78. The van der Waals surface area contributed by atoms with E-state index in [2.05, 4.69) is 16.4 Å². The Kier molecular flexibility index (Phi) is 4.15. The molecule has 2 nitrogen and oxygen atoms in total. The smallest absolute Gasteiger partial charge is 0.0798 e. The zero-order valence-corrected chi connectivity index (χ0v) is 11.5. The number of rotatable bonds is 4. The summed E-state index contributed by atoms with van der Waals surface area (Å²) in [6, 6.07) is 8.32. The van der Waals surface area contributed by atoms with E-state index >= 15 is 0 Å². The van der Waals surface area contributed by atoms with Crippen molar-refractivity contribution in [2.24, 2.45) is 0 Å². The highest BCUT2D eigenvalue weighted by atomic mass is 35.5. The molecule has 2 aromatic rings. The number of likely N-dealkylation sites (N-methyl/N-ethyl adjacent to an activating group) is 1. The van der Waals surface area contributed by atoms with Gasteiger partial charge in [-0.1, -0.05) is 23.7 Å². The largest absolute Gasteiger partial charge is 0.312 e. The molecule has 0 bridgehead atoms. The van der Waals surface area contributed by atoms with Crippen LogP contribution in [0, 0.1) is 6.92 Å². The second kappa shape index (κ2) is 5.63. The van der Waals surface area contributed by atoms with Gasteiger partial charge in [0.15, 0.2) is 0 Å². The van der Waals surface area contributed by atoms with Gasteiger partial charge in [-0.15, -0.1) is 11.3 Å². The Morgan fingerprint density at radius 2 is 2.29 bits per heavy atom. The van der Waals surface area contributed by atoms with Crippen LogP contribution in [0.15, 0.2) is 29.8 Å². The molecule has 17 heavy (non-hydrogen) atoms. The van der Waals surface area contributed by atoms with Gasteiger partial charge < -0.3 is 5.32 Å². The molecular weight excluding hydrogens is 252 g/mol. The van der Waals surface area contributed by atoms with Gasteiger partial charge in [-0.05, 0) is 38.1 Å². The van der Waals surface area contributed by atoms with Crippen molar-refractivity contribution in [2.45, 2.75) is 19.4 Å². The maximum absolute atomic E-state index is 6.00. The zero-order chi connectivity index (χ0) is 12.3. The maximum Gasteiger partial charge on any atom is 0.0798 e. The highest BCUT2D eigenvalue weighted by molar-refractivity contribution is 7.09. The van der Waals surface area contributed by atoms with Crippen LogP contribution in [0.1, 0.15) is 22.2 Å². The van der Waals surface area contributed by atoms with E-state index < -0.39 is 0 Å². The first kappa shape index (κ1) is 12.6. The number of hydrogen-bond acceptors (Lipinski definition) is 3. The number of thiazole rings is 1. The Labute approximate surface area is 111 Å². The molecule has 90 valence electrons. The molecule has 0 fully saturated rings. The summed E-state index contributed by atoms with van der Waals surface area (Å²) in [5.74, 6) is 0. The molecule has 1 unspecified atom stereocenters. The minimum Gasteiger partial charge on any atom is -0.312 e. The van der Waals surface area contributed by atoms with Gasteiger partial charge in [0, 0.05) is 15.9 Å². The van der Waals surface area contributed by atoms with Crippen molar-refractivity contribution in [1.82, 2.24) is 10.3 Å². The monoisotopic (exact) mass is 266 g/mol. The molecule has 0 aliphatic rings. The highest BCUT2D eigenvalue weighted by Crippen LogP contribution is 2.25. The second-order valence-corrected chi connectivity index (χ2v) is 5.30. The van der Waals surface area contributed by atoms with Crippen LogP contribution in [0.3, 0.4) is 0 Å². The topological polar surface area (TPSA) is 24.9 Å². The predicted octanol–water partition coefficient (Wildman–Crippen LogP) is 3.61. The van der Waals surface area contributed by atoms with Gasteiger partial charge in [0.2, 0.25) is 0 Å². The van der Waals surface area contributed by atoms with Crippen LogP contribution in [-0.4, -0.2) is 12.0 Å². The molecule has 2 rings (SSSR count). The minimum atomic E-state index is 0.306. The average Bonchev–Trinajstić information content (AvgIpc) is 2.72. The summed E-state index contributed by atoms with van der Waals surface area (Å²) in [6.45, 7) is 2.05. The molecule has 0 aliphatic carbocycles. The van der Waals surface area contributed by atoms with Crippen molar-refractivity contribution in [3.05, 3.63) is 50.9 Å². The Morgan fingerprint density at radius 3 is 2.88 bits per heavy atom. The SMILES string of the molecule is CNC(Cc1cccc(Cl)c1)c1scnc1C. The van der Waals surface area contributed by atoms with Gasteiger partial charge in [-0.2, -0.15) is 0 Å². The van der Waals surface area contributed by atoms with Crippen molar-refractivity contribution in [2.75, 3.05) is 7.05 Å². The van der Waals surface area contributed by atoms with Crippen LogP contribution in [0.25, 0.3) is 0 Å². The van der Waals surface area contributed by atoms with Crippen LogP contribution < -0.4 is 5.32 Å². The molecule has 1 aromatic carbocycles. The maximum atomic E-state index is 6.00. The first-order chi connectivity index (χ1) is 8.20. The van der Waals surface area contributed by atoms with Crippen LogP contribution >= 0.6 is 22.9 Å². The van der Waals surface area contributed by atoms with Gasteiger partial charge in [-0.3, -0.25) is 0 Å². The summed E-state index contributed by atoms with van der Waals surface area (Å²) < 4.78 is 0. The lowest BCUT2D eigenvalue weighted by Gasteiger charge is -2.15. The third kappa shape index (κ3) is 3.06. The molecule has 0 spiro atoms. The fraction of sp³-hybridized carbons (Fsp3) is 0.308. The predicted molar refractivity (Wildman–Crippen MR) is 73.8 cm³/mol. The molecule has 1 atom stereocenters. The number of aryl methyl sites for hydroxylation is 1. The lowest BCUT2D eigenvalue weighted by atomic mass is 10.0. The molecule has 1 heterocycles. The highest BCUT2D eigenvalue weighted by Gasteiger charge is 2.14. The van der Waals surface area contributed by atoms with Gasteiger partial charge in [0.1, 0.15) is 0 Å². The van der Waals surface area contributed by atoms with Crippen LogP contribution in [-0.2, 0) is 6.42 Å². The van der Waals surface area contributed by atoms with Crippen molar-refractivity contribution < 1.29 is 0 Å². The van der Waals surface area contributed by atoms with Crippen LogP contribution in [0.2, 0.25) is 5.02 Å². The molecule has 0 amide bonds. The third-order valence-corrected chi connectivity index (χ3v) is 4.06. The number of aromatic nitrogens is 1. The second-order valence-electron chi connectivity index (χ2n) is 3.98. The van der Waals surface area contributed by atoms with Crippen LogP contribution in [0.4, 0.5) is 0 Å². The third-order valence-electron chi connectivity index (χ3n) is 2.78. The number of hydrogen-bond donors (Lipinski definition) is 1. The average molecular weight is 267 g/mol. The zero-order valence-electron chi connectivity index (χ0n) is 9.90. The van der Waals surface area contributed by atoms with Gasteiger partial charge in [0.25, 0.3) is 0 Å². The van der Waals surface area contributed by atoms with Crippen molar-refractivity contribution >= 4 is 22.9 Å². The van der Waals surface area contributed by atoms with Gasteiger partial charge in [0.05, 0.1) is 11.2 Å². The van der Waals surface area contributed by atoms with Crippen molar-refractivity contribution in [3.8, 4) is 0 Å². The number of nitrogens with zero attached hydrogens (tertiary/aromatic N) is 1. The minimum absolute atomic E-state index is 0.306. The van der Waals surface area contributed by atoms with Crippen LogP contribution in [0.5, 0.6) is 0 Å². The first-order valence-electron chi connectivity index (χ1n) is 5.52. The number of benzene rings is 1. The summed E-state index contributed by atoms with van der Waals surface area (Å²) >= 11 is 7.70. The Balaban J connectivity index is 2.19. The van der Waals surface area contributed by atoms with E-state index in [1.165, 1.54) is 10.4 Å². The summed E-state index contributed by atoms with van der Waals surface area (Å²) in [7, 11) is 1.98. The normalized spacial score (nSPS) is 12.6. The fourth-order valence-corrected chi connectivity index (χ4v) is 3.00. The lowest BCUT2D eigenvalue weighted by Crippen LogP contribution is -2.18. The summed E-state index contributed by atoms with van der Waals surface area (Å²) in [5, 5.41) is 4.13. The quantitative estimate of drug-likeness (QED) is 0.915. The van der Waals surface area contributed by atoms with Crippen molar-refractivity contribution in [3.63, 3.8) is 0 Å². The molecule has 4 heteroatoms. The molecule has 0 radical (unpaired) electrons. The van der Waals surface area contributed by atoms with E-state index in [9.17, 15) is 0 Å². The number of halogens is 1. The molecular formula is C13H15ClN2S. The van der Waals surface area contributed by atoms with Crippen molar-refractivity contribution in [1.29, 1.82) is 0 Å². The van der Waals surface area contributed by atoms with Gasteiger partial charge >= 0.3 is 0 Å². The Bertz CT molecular complexity index is 496. The summed E-state index contributed by atoms with van der Waals surface area (Å²) in [6.07, 6.45) is 0.931. The van der Waals surface area contributed by atoms with E-state index in [0.717, 1.165) is 17.1 Å². The van der Waals surface area contributed by atoms with E-state index in [4.69, 9.17) is 11.6 Å². The molecule has 1 aromatic heterocycles. The van der Waals surface area contributed by atoms with E-state index in [0.29, 0.717) is 6.04 Å². The van der Waals surface area contributed by atoms with E-state index in [1.807, 2.05) is 37.7 Å². The molecule has 0 saturated heterocycles. The molecule has 0 aliphatic heterocycles. The lowest BCUT2D eigenvalue weighted by molar-refractivity contribution is 0.598. The molecule has 0 saturated carbocycles. The Hall–Kier alpha value is -0.900. The summed E-state index contributed by atoms with van der Waals surface area (Å²) in [5.41, 5.74) is 4.24. The number of nitrogens with one attached hydrogen (secondary N) is 1. The van der Waals surface area contributed by atoms with E-state index in [-0.39, 0.29) is 0 Å². The van der Waals surface area contributed by atoms with Gasteiger partial charge in [-0.25, -0.2) is 4.98 Å². The van der Waals surface area contributed by atoms with E-state index in [1.54, 1.807) is 11.3 Å². The Morgan fingerprint density at radius 1 is 1.47 bits per heavy atom. The fourth-order valence-electron chi connectivity index (χ4n) is 1.87. The standard InChI is InChI=1S/C13H15ClN2S/c1-9-13(17-8-16-9)12(15-2)7-10-4-3-5-11(14)6-10/h3-6,8,12,15H,7H2,1-2H3. The molecule has 1 N–H and O–H groups in total. The summed E-state index contributed by atoms with van der Waals surface area (Å²) in [4.78, 5) is 5.60.